The lowest BCUT2D eigenvalue weighted by atomic mass is 9.96. The number of rotatable bonds is 7. The van der Waals surface area contributed by atoms with Gasteiger partial charge in [0.1, 0.15) is 5.75 Å². The van der Waals surface area contributed by atoms with Gasteiger partial charge in [-0.25, -0.2) is 9.97 Å². The van der Waals surface area contributed by atoms with Crippen LogP contribution in [-0.2, 0) is 6.42 Å². The summed E-state index contributed by atoms with van der Waals surface area (Å²) in [6.45, 7) is 0.550. The van der Waals surface area contributed by atoms with Crippen molar-refractivity contribution in [2.24, 2.45) is 0 Å². The average Bonchev–Trinajstić information content (AvgIpc) is 2.69. The number of amides is 1. The van der Waals surface area contributed by atoms with E-state index in [1.807, 2.05) is 24.3 Å². The molecule has 138 valence electrons. The first-order valence-electron chi connectivity index (χ1n) is 9.24. The molecule has 1 saturated carbocycles. The largest absolute Gasteiger partial charge is 0.497 e. The number of nitrogens with zero attached hydrogens (tertiary/aromatic N) is 2. The Balaban J connectivity index is 1.46. The summed E-state index contributed by atoms with van der Waals surface area (Å²) in [5, 5.41) is 6.26. The van der Waals surface area contributed by atoms with Crippen LogP contribution in [0.5, 0.6) is 5.75 Å². The number of ether oxygens (including phenoxy) is 1. The maximum Gasteiger partial charge on any atom is 0.254 e. The van der Waals surface area contributed by atoms with Crippen molar-refractivity contribution in [2.75, 3.05) is 19.0 Å². The van der Waals surface area contributed by atoms with Crippen molar-refractivity contribution in [3.8, 4) is 5.75 Å². The molecule has 0 aliphatic heterocycles. The maximum absolute atomic E-state index is 12.2. The van der Waals surface area contributed by atoms with Gasteiger partial charge in [0.2, 0.25) is 5.95 Å². The van der Waals surface area contributed by atoms with Crippen molar-refractivity contribution >= 4 is 11.9 Å². The van der Waals surface area contributed by atoms with Gasteiger partial charge in [-0.1, -0.05) is 31.4 Å². The van der Waals surface area contributed by atoms with Gasteiger partial charge in [0, 0.05) is 25.0 Å². The Morgan fingerprint density at radius 1 is 1.19 bits per heavy atom. The lowest BCUT2D eigenvalue weighted by molar-refractivity contribution is 0.0953. The Morgan fingerprint density at radius 3 is 2.69 bits per heavy atom. The summed E-state index contributed by atoms with van der Waals surface area (Å²) in [6.07, 6.45) is 10.1. The summed E-state index contributed by atoms with van der Waals surface area (Å²) in [5.74, 6) is 1.27. The van der Waals surface area contributed by atoms with E-state index in [0.717, 1.165) is 30.6 Å². The monoisotopic (exact) mass is 354 g/mol. The zero-order valence-corrected chi connectivity index (χ0v) is 15.2. The molecule has 0 spiro atoms. The molecule has 1 aromatic carbocycles. The smallest absolute Gasteiger partial charge is 0.254 e. The SMILES string of the molecule is COc1cccc(CCNC(=O)c2cnc(NC3CCCCC3)nc2)c1. The molecule has 0 unspecified atom stereocenters. The van der Waals surface area contributed by atoms with Crippen molar-refractivity contribution in [3.05, 3.63) is 47.8 Å². The molecule has 0 bridgehead atoms. The molecule has 6 nitrogen and oxygen atoms in total. The van der Waals surface area contributed by atoms with Crippen LogP contribution in [0.2, 0.25) is 0 Å². The summed E-state index contributed by atoms with van der Waals surface area (Å²) < 4.78 is 5.21. The van der Waals surface area contributed by atoms with E-state index in [1.54, 1.807) is 19.5 Å². The number of aromatic nitrogens is 2. The van der Waals surface area contributed by atoms with E-state index in [2.05, 4.69) is 20.6 Å². The molecule has 0 atom stereocenters. The van der Waals surface area contributed by atoms with Gasteiger partial charge in [-0.05, 0) is 37.0 Å². The molecule has 1 aliphatic carbocycles. The summed E-state index contributed by atoms with van der Waals surface area (Å²) in [6, 6.07) is 8.29. The van der Waals surface area contributed by atoms with E-state index < -0.39 is 0 Å². The van der Waals surface area contributed by atoms with Gasteiger partial charge < -0.3 is 15.4 Å². The first-order chi connectivity index (χ1) is 12.7. The van der Waals surface area contributed by atoms with Crippen molar-refractivity contribution in [2.45, 2.75) is 44.6 Å². The third-order valence-corrected chi connectivity index (χ3v) is 4.69. The molecule has 2 aromatic rings. The normalized spacial score (nSPS) is 14.7. The van der Waals surface area contributed by atoms with Crippen LogP contribution < -0.4 is 15.4 Å². The number of carbonyl (C=O) groups excluding carboxylic acids is 1. The Kier molecular flexibility index (Phi) is 6.41. The number of nitrogens with one attached hydrogen (secondary N) is 2. The molecule has 0 radical (unpaired) electrons. The second-order valence-corrected chi connectivity index (χ2v) is 6.63. The van der Waals surface area contributed by atoms with Crippen LogP contribution in [0.3, 0.4) is 0 Å². The van der Waals surface area contributed by atoms with Gasteiger partial charge in [0.15, 0.2) is 0 Å². The van der Waals surface area contributed by atoms with Crippen LogP contribution in [0, 0.1) is 0 Å². The molecule has 1 aromatic heterocycles. The average molecular weight is 354 g/mol. The standard InChI is InChI=1S/C20H26N4O2/c1-26-18-9-5-6-15(12-18)10-11-21-19(25)16-13-22-20(23-14-16)24-17-7-3-2-4-8-17/h5-6,9,12-14,17H,2-4,7-8,10-11H2,1H3,(H,21,25)(H,22,23,24). The van der Waals surface area contributed by atoms with Crippen LogP contribution in [0.25, 0.3) is 0 Å². The minimum absolute atomic E-state index is 0.155. The van der Waals surface area contributed by atoms with Crippen LogP contribution in [0.15, 0.2) is 36.7 Å². The number of methoxy groups -OCH3 is 1. The van der Waals surface area contributed by atoms with E-state index in [-0.39, 0.29) is 5.91 Å². The molecule has 6 heteroatoms. The highest BCUT2D eigenvalue weighted by atomic mass is 16.5. The van der Waals surface area contributed by atoms with Crippen LogP contribution in [0.4, 0.5) is 5.95 Å². The zero-order valence-electron chi connectivity index (χ0n) is 15.2. The van der Waals surface area contributed by atoms with Crippen molar-refractivity contribution in [3.63, 3.8) is 0 Å². The van der Waals surface area contributed by atoms with Crippen molar-refractivity contribution in [1.29, 1.82) is 0 Å². The summed E-state index contributed by atoms with van der Waals surface area (Å²) in [5.41, 5.74) is 1.60. The predicted molar refractivity (Wildman–Crippen MR) is 102 cm³/mol. The van der Waals surface area contributed by atoms with E-state index in [9.17, 15) is 4.79 Å². The number of hydrogen-bond acceptors (Lipinski definition) is 5. The van der Waals surface area contributed by atoms with Crippen molar-refractivity contribution in [1.82, 2.24) is 15.3 Å². The second kappa shape index (κ2) is 9.17. The van der Waals surface area contributed by atoms with Gasteiger partial charge in [-0.2, -0.15) is 0 Å². The third-order valence-electron chi connectivity index (χ3n) is 4.69. The number of carbonyl (C=O) groups is 1. The molecule has 1 heterocycles. The lowest BCUT2D eigenvalue weighted by Crippen LogP contribution is -2.26. The fraction of sp³-hybridized carbons (Fsp3) is 0.450. The summed E-state index contributed by atoms with van der Waals surface area (Å²) in [7, 11) is 1.65. The number of anilines is 1. The molecular weight excluding hydrogens is 328 g/mol. The molecule has 26 heavy (non-hydrogen) atoms. The van der Waals surface area contributed by atoms with Crippen LogP contribution >= 0.6 is 0 Å². The summed E-state index contributed by atoms with van der Waals surface area (Å²) >= 11 is 0. The highest BCUT2D eigenvalue weighted by Crippen LogP contribution is 2.20. The molecular formula is C20H26N4O2. The minimum atomic E-state index is -0.155. The van der Waals surface area contributed by atoms with E-state index in [4.69, 9.17) is 4.74 Å². The first kappa shape index (κ1) is 18.2. The molecule has 1 fully saturated rings. The Labute approximate surface area is 154 Å². The zero-order chi connectivity index (χ0) is 18.2. The molecule has 1 aliphatic rings. The van der Waals surface area contributed by atoms with Crippen LogP contribution in [0.1, 0.15) is 48.0 Å². The first-order valence-corrected chi connectivity index (χ1v) is 9.24. The molecule has 1 amide bonds. The predicted octanol–water partition coefficient (Wildman–Crippen LogP) is 3.20. The van der Waals surface area contributed by atoms with E-state index in [1.165, 1.54) is 19.3 Å². The maximum atomic E-state index is 12.2. The second-order valence-electron chi connectivity index (χ2n) is 6.63. The number of hydrogen-bond donors (Lipinski definition) is 2. The minimum Gasteiger partial charge on any atom is -0.497 e. The fourth-order valence-electron chi connectivity index (χ4n) is 3.20. The van der Waals surface area contributed by atoms with Crippen LogP contribution in [-0.4, -0.2) is 35.6 Å². The fourth-order valence-corrected chi connectivity index (χ4v) is 3.20. The van der Waals surface area contributed by atoms with Gasteiger partial charge in [0.25, 0.3) is 5.91 Å². The quantitative estimate of drug-likeness (QED) is 0.798. The summed E-state index contributed by atoms with van der Waals surface area (Å²) in [4.78, 5) is 20.8. The number of benzene rings is 1. The Hall–Kier alpha value is -2.63. The highest BCUT2D eigenvalue weighted by Gasteiger charge is 2.14. The topological polar surface area (TPSA) is 76.1 Å². The van der Waals surface area contributed by atoms with Gasteiger partial charge in [0.05, 0.1) is 12.7 Å². The van der Waals surface area contributed by atoms with Crippen molar-refractivity contribution < 1.29 is 9.53 Å². The Morgan fingerprint density at radius 2 is 1.96 bits per heavy atom. The molecule has 3 rings (SSSR count). The van der Waals surface area contributed by atoms with E-state index >= 15 is 0 Å². The third kappa shape index (κ3) is 5.18. The highest BCUT2D eigenvalue weighted by molar-refractivity contribution is 5.93. The van der Waals surface area contributed by atoms with Gasteiger partial charge in [-0.15, -0.1) is 0 Å². The van der Waals surface area contributed by atoms with Gasteiger partial charge >= 0.3 is 0 Å². The van der Waals surface area contributed by atoms with Gasteiger partial charge in [-0.3, -0.25) is 4.79 Å². The molecule has 0 saturated heterocycles. The Bertz CT molecular complexity index is 712. The lowest BCUT2D eigenvalue weighted by Gasteiger charge is -2.22. The van der Waals surface area contributed by atoms with E-state index in [0.29, 0.717) is 24.1 Å². The molecule has 2 N–H and O–H groups in total.